The van der Waals surface area contributed by atoms with E-state index in [1.54, 1.807) is 0 Å². The van der Waals surface area contributed by atoms with Gasteiger partial charge in [-0.2, -0.15) is 5.10 Å². The van der Waals surface area contributed by atoms with Gasteiger partial charge in [0, 0.05) is 24.8 Å². The lowest BCUT2D eigenvalue weighted by Gasteiger charge is -2.10. The van der Waals surface area contributed by atoms with Crippen LogP contribution in [0.3, 0.4) is 0 Å². The monoisotopic (exact) mass is 198 g/mol. The highest BCUT2D eigenvalue weighted by Crippen LogP contribution is 2.50. The van der Waals surface area contributed by atoms with Gasteiger partial charge in [-0.1, -0.05) is 0 Å². The van der Waals surface area contributed by atoms with Crippen molar-refractivity contribution in [2.24, 2.45) is 12.5 Å². The third-order valence-corrected chi connectivity index (χ3v) is 3.64. The molecule has 0 aliphatic heterocycles. The van der Waals surface area contributed by atoms with Crippen molar-refractivity contribution in [3.63, 3.8) is 0 Å². The second-order valence-electron chi connectivity index (χ2n) is 4.08. The number of alkyl halides is 1. The van der Waals surface area contributed by atoms with Crippen LogP contribution >= 0.6 is 11.6 Å². The Balaban J connectivity index is 1.90. The van der Waals surface area contributed by atoms with E-state index in [4.69, 9.17) is 11.6 Å². The molecule has 0 atom stereocenters. The van der Waals surface area contributed by atoms with Gasteiger partial charge in [0.25, 0.3) is 0 Å². The van der Waals surface area contributed by atoms with Crippen molar-refractivity contribution in [2.75, 3.05) is 5.88 Å². The summed E-state index contributed by atoms with van der Waals surface area (Å²) < 4.78 is 1.95. The van der Waals surface area contributed by atoms with Crippen LogP contribution in [0.4, 0.5) is 0 Å². The fourth-order valence-corrected chi connectivity index (χ4v) is 2.07. The molecule has 0 spiro atoms. The molecule has 1 fully saturated rings. The van der Waals surface area contributed by atoms with Crippen LogP contribution in [-0.2, 0) is 13.5 Å². The third-order valence-electron chi connectivity index (χ3n) is 3.07. The molecule has 3 heteroatoms. The lowest BCUT2D eigenvalue weighted by Crippen LogP contribution is -2.06. The van der Waals surface area contributed by atoms with Crippen molar-refractivity contribution in [3.05, 3.63) is 18.0 Å². The number of aryl methyl sites for hydroxylation is 2. The molecular formula is C10H15ClN2. The van der Waals surface area contributed by atoms with Crippen molar-refractivity contribution in [1.29, 1.82) is 0 Å². The summed E-state index contributed by atoms with van der Waals surface area (Å²) in [6.07, 6.45) is 6.82. The molecule has 0 aromatic carbocycles. The Hall–Kier alpha value is -0.500. The number of rotatable bonds is 4. The number of halogens is 1. The van der Waals surface area contributed by atoms with Crippen LogP contribution in [-0.4, -0.2) is 15.7 Å². The fraction of sp³-hybridized carbons (Fsp3) is 0.700. The summed E-state index contributed by atoms with van der Waals surface area (Å²) in [5, 5.41) is 4.15. The van der Waals surface area contributed by atoms with Gasteiger partial charge in [-0.05, 0) is 37.2 Å². The zero-order valence-electron chi connectivity index (χ0n) is 7.96. The molecule has 2 rings (SSSR count). The van der Waals surface area contributed by atoms with Gasteiger partial charge in [-0.3, -0.25) is 4.68 Å². The van der Waals surface area contributed by atoms with E-state index in [2.05, 4.69) is 11.2 Å². The van der Waals surface area contributed by atoms with E-state index in [1.165, 1.54) is 25.0 Å². The molecule has 0 amide bonds. The van der Waals surface area contributed by atoms with Crippen molar-refractivity contribution >= 4 is 11.6 Å². The minimum absolute atomic E-state index is 0.478. The first-order valence-electron chi connectivity index (χ1n) is 4.79. The van der Waals surface area contributed by atoms with E-state index in [-0.39, 0.29) is 0 Å². The predicted molar refractivity (Wildman–Crippen MR) is 53.9 cm³/mol. The number of hydrogen-bond acceptors (Lipinski definition) is 1. The molecule has 0 bridgehead atoms. The first kappa shape index (κ1) is 9.07. The quantitative estimate of drug-likeness (QED) is 0.680. The zero-order chi connectivity index (χ0) is 9.31. The number of hydrogen-bond donors (Lipinski definition) is 0. The molecule has 13 heavy (non-hydrogen) atoms. The van der Waals surface area contributed by atoms with Crippen molar-refractivity contribution < 1.29 is 0 Å². The average molecular weight is 199 g/mol. The molecule has 0 radical (unpaired) electrons. The van der Waals surface area contributed by atoms with Crippen LogP contribution in [0.5, 0.6) is 0 Å². The Morgan fingerprint density at radius 2 is 2.38 bits per heavy atom. The fourth-order valence-electron chi connectivity index (χ4n) is 1.67. The van der Waals surface area contributed by atoms with Crippen LogP contribution in [0.2, 0.25) is 0 Å². The van der Waals surface area contributed by atoms with E-state index >= 15 is 0 Å². The Morgan fingerprint density at radius 3 is 2.85 bits per heavy atom. The summed E-state index contributed by atoms with van der Waals surface area (Å²) in [6, 6.07) is 2.09. The lowest BCUT2D eigenvalue weighted by molar-refractivity contribution is 0.511. The van der Waals surface area contributed by atoms with Crippen molar-refractivity contribution in [1.82, 2.24) is 9.78 Å². The topological polar surface area (TPSA) is 17.8 Å². The molecule has 2 nitrogen and oxygen atoms in total. The highest BCUT2D eigenvalue weighted by atomic mass is 35.5. The molecule has 1 heterocycles. The van der Waals surface area contributed by atoms with Gasteiger partial charge in [-0.15, -0.1) is 11.6 Å². The molecule has 0 N–H and O–H groups in total. The van der Waals surface area contributed by atoms with Crippen LogP contribution in [0, 0.1) is 5.41 Å². The van der Waals surface area contributed by atoms with Crippen LogP contribution in [0.1, 0.15) is 25.0 Å². The molecule has 1 aromatic heterocycles. The van der Waals surface area contributed by atoms with Gasteiger partial charge >= 0.3 is 0 Å². The van der Waals surface area contributed by atoms with Gasteiger partial charge in [0.1, 0.15) is 0 Å². The predicted octanol–water partition coefficient (Wildman–Crippen LogP) is 2.37. The van der Waals surface area contributed by atoms with Gasteiger partial charge in [0.15, 0.2) is 0 Å². The molecular weight excluding hydrogens is 184 g/mol. The van der Waals surface area contributed by atoms with E-state index in [0.717, 1.165) is 12.3 Å². The Bertz CT molecular complexity index is 289. The van der Waals surface area contributed by atoms with Crippen LogP contribution in [0.15, 0.2) is 12.3 Å². The van der Waals surface area contributed by atoms with Crippen LogP contribution in [0.25, 0.3) is 0 Å². The molecule has 1 saturated carbocycles. The largest absolute Gasteiger partial charge is 0.273 e. The molecule has 1 aromatic rings. The Kier molecular flexibility index (Phi) is 2.33. The number of nitrogens with zero attached hydrogens (tertiary/aromatic N) is 2. The summed E-state index contributed by atoms with van der Waals surface area (Å²) in [5.74, 6) is 0.824. The van der Waals surface area contributed by atoms with E-state index < -0.39 is 0 Å². The Morgan fingerprint density at radius 1 is 1.62 bits per heavy atom. The molecule has 72 valence electrons. The maximum Gasteiger partial charge on any atom is 0.0492 e. The third kappa shape index (κ3) is 1.88. The second-order valence-corrected chi connectivity index (χ2v) is 4.35. The normalized spacial score (nSPS) is 18.9. The smallest absolute Gasteiger partial charge is 0.0492 e. The summed E-state index contributed by atoms with van der Waals surface area (Å²) in [7, 11) is 2.00. The van der Waals surface area contributed by atoms with Crippen molar-refractivity contribution in [2.45, 2.75) is 25.7 Å². The Labute approximate surface area is 83.9 Å². The molecule has 0 unspecified atom stereocenters. The maximum absolute atomic E-state index is 5.91. The number of aromatic nitrogens is 2. The summed E-state index contributed by atoms with van der Waals surface area (Å²) in [4.78, 5) is 0. The lowest BCUT2D eigenvalue weighted by atomic mass is 10.0. The molecule has 1 aliphatic rings. The van der Waals surface area contributed by atoms with E-state index in [9.17, 15) is 0 Å². The van der Waals surface area contributed by atoms with Gasteiger partial charge < -0.3 is 0 Å². The first-order valence-corrected chi connectivity index (χ1v) is 5.32. The SMILES string of the molecule is Cn1nccc1CCC1(CCl)CC1. The minimum Gasteiger partial charge on any atom is -0.273 e. The van der Waals surface area contributed by atoms with Gasteiger partial charge in [0.05, 0.1) is 0 Å². The minimum atomic E-state index is 0.478. The first-order chi connectivity index (χ1) is 6.26. The van der Waals surface area contributed by atoms with Crippen LogP contribution < -0.4 is 0 Å². The van der Waals surface area contributed by atoms with E-state index in [1.807, 2.05) is 17.9 Å². The standard InChI is InChI=1S/C10H15ClN2/c1-13-9(3-7-12-13)2-4-10(8-11)5-6-10/h3,7H,2,4-6,8H2,1H3. The highest BCUT2D eigenvalue weighted by Gasteiger charge is 2.40. The maximum atomic E-state index is 5.91. The van der Waals surface area contributed by atoms with Gasteiger partial charge in [0.2, 0.25) is 0 Å². The summed E-state index contributed by atoms with van der Waals surface area (Å²) in [6.45, 7) is 0. The summed E-state index contributed by atoms with van der Waals surface area (Å²) >= 11 is 5.91. The second kappa shape index (κ2) is 3.33. The molecule has 1 aliphatic carbocycles. The molecule has 0 saturated heterocycles. The van der Waals surface area contributed by atoms with Crippen molar-refractivity contribution in [3.8, 4) is 0 Å². The zero-order valence-corrected chi connectivity index (χ0v) is 8.72. The van der Waals surface area contributed by atoms with Gasteiger partial charge in [-0.25, -0.2) is 0 Å². The summed E-state index contributed by atoms with van der Waals surface area (Å²) in [5.41, 5.74) is 1.79. The van der Waals surface area contributed by atoms with E-state index in [0.29, 0.717) is 5.41 Å². The highest BCUT2D eigenvalue weighted by molar-refractivity contribution is 6.18. The average Bonchev–Trinajstić information content (AvgIpc) is 2.82.